The van der Waals surface area contributed by atoms with Crippen molar-refractivity contribution in [3.05, 3.63) is 101 Å². The van der Waals surface area contributed by atoms with Crippen molar-refractivity contribution in [3.63, 3.8) is 0 Å². The van der Waals surface area contributed by atoms with Crippen LogP contribution in [0, 0.1) is 0 Å². The largest absolute Gasteiger partial charge is 0.375 e. The molecule has 0 saturated carbocycles. The lowest BCUT2D eigenvalue weighted by Gasteiger charge is -2.23. The van der Waals surface area contributed by atoms with Gasteiger partial charge in [0.15, 0.2) is 11.4 Å². The minimum absolute atomic E-state index is 0.0145. The Balaban J connectivity index is 1.57. The first-order valence-corrected chi connectivity index (χ1v) is 11.0. The predicted octanol–water partition coefficient (Wildman–Crippen LogP) is 5.03. The van der Waals surface area contributed by atoms with Crippen molar-refractivity contribution in [3.8, 4) is 0 Å². The lowest BCUT2D eigenvalue weighted by molar-refractivity contribution is -0.135. The van der Waals surface area contributed by atoms with Crippen molar-refractivity contribution in [1.29, 1.82) is 0 Å². The highest BCUT2D eigenvalue weighted by molar-refractivity contribution is 6.10. The van der Waals surface area contributed by atoms with Crippen molar-refractivity contribution in [2.75, 3.05) is 11.4 Å². The maximum absolute atomic E-state index is 13.4. The van der Waals surface area contributed by atoms with Crippen LogP contribution in [0.25, 0.3) is 0 Å². The summed E-state index contributed by atoms with van der Waals surface area (Å²) < 4.78 is 0. The van der Waals surface area contributed by atoms with E-state index in [1.54, 1.807) is 29.2 Å². The van der Waals surface area contributed by atoms with Crippen LogP contribution in [0.5, 0.6) is 0 Å². The zero-order chi connectivity index (χ0) is 22.9. The van der Waals surface area contributed by atoms with Crippen LogP contribution in [-0.4, -0.2) is 23.3 Å². The number of para-hydroxylation sites is 1. The monoisotopic (exact) mass is 427 g/mol. The van der Waals surface area contributed by atoms with Crippen LogP contribution in [0.15, 0.2) is 78.9 Å². The molecular weight excluding hydrogens is 398 g/mol. The van der Waals surface area contributed by atoms with E-state index in [-0.39, 0.29) is 17.6 Å². The summed E-state index contributed by atoms with van der Waals surface area (Å²) in [7, 11) is 0. The Morgan fingerprint density at radius 3 is 2.19 bits per heavy atom. The molecule has 1 atom stereocenters. The SMILES string of the molecule is CC(C)(C)c1ccc(C(=O)C[C@]2(O)C(=O)N(CCc3ccccc3)c3ccccc32)cc1. The van der Waals surface area contributed by atoms with Crippen LogP contribution in [0.4, 0.5) is 5.69 Å². The molecule has 0 aliphatic carbocycles. The maximum atomic E-state index is 13.4. The molecule has 1 heterocycles. The second-order valence-electron chi connectivity index (χ2n) is 9.50. The molecule has 0 unspecified atom stereocenters. The van der Waals surface area contributed by atoms with Gasteiger partial charge in [-0.2, -0.15) is 0 Å². The number of Topliss-reactive ketones (excluding diaryl/α,β-unsaturated/α-hetero) is 1. The van der Waals surface area contributed by atoms with E-state index in [4.69, 9.17) is 0 Å². The zero-order valence-electron chi connectivity index (χ0n) is 18.8. The first kappa shape index (κ1) is 22.0. The van der Waals surface area contributed by atoms with Crippen molar-refractivity contribution in [2.24, 2.45) is 0 Å². The van der Waals surface area contributed by atoms with Crippen LogP contribution in [-0.2, 0) is 22.2 Å². The first-order chi connectivity index (χ1) is 15.2. The van der Waals surface area contributed by atoms with Crippen LogP contribution in [0.1, 0.15) is 54.2 Å². The number of fused-ring (bicyclic) bond motifs is 1. The molecule has 0 fully saturated rings. The lowest BCUT2D eigenvalue weighted by atomic mass is 9.85. The summed E-state index contributed by atoms with van der Waals surface area (Å²) >= 11 is 0. The number of carbonyl (C=O) groups is 2. The second kappa shape index (κ2) is 8.36. The highest BCUT2D eigenvalue weighted by Crippen LogP contribution is 2.43. The van der Waals surface area contributed by atoms with Gasteiger partial charge in [0.25, 0.3) is 5.91 Å². The number of amides is 1. The van der Waals surface area contributed by atoms with Gasteiger partial charge in [-0.1, -0.05) is 93.6 Å². The fourth-order valence-corrected chi connectivity index (χ4v) is 4.28. The number of carbonyl (C=O) groups excluding carboxylic acids is 2. The summed E-state index contributed by atoms with van der Waals surface area (Å²) in [5, 5.41) is 11.5. The summed E-state index contributed by atoms with van der Waals surface area (Å²) in [5.41, 5.74) is 2.04. The Morgan fingerprint density at radius 2 is 1.53 bits per heavy atom. The second-order valence-corrected chi connectivity index (χ2v) is 9.50. The molecule has 32 heavy (non-hydrogen) atoms. The predicted molar refractivity (Wildman–Crippen MR) is 127 cm³/mol. The number of hydrogen-bond donors (Lipinski definition) is 1. The topological polar surface area (TPSA) is 57.6 Å². The summed E-state index contributed by atoms with van der Waals surface area (Å²) in [6.45, 7) is 6.79. The third-order valence-corrected chi connectivity index (χ3v) is 6.20. The van der Waals surface area contributed by atoms with E-state index in [0.29, 0.717) is 29.8 Å². The highest BCUT2D eigenvalue weighted by atomic mass is 16.3. The third-order valence-electron chi connectivity index (χ3n) is 6.20. The Labute approximate surface area is 189 Å². The Bertz CT molecular complexity index is 1130. The molecule has 0 spiro atoms. The van der Waals surface area contributed by atoms with Gasteiger partial charge in [-0.25, -0.2) is 0 Å². The average molecular weight is 428 g/mol. The van der Waals surface area contributed by atoms with Crippen LogP contribution in [0.3, 0.4) is 0 Å². The van der Waals surface area contributed by atoms with Crippen molar-refractivity contribution in [1.82, 2.24) is 0 Å². The van der Waals surface area contributed by atoms with Crippen LogP contribution in [0.2, 0.25) is 0 Å². The van der Waals surface area contributed by atoms with Crippen molar-refractivity contribution in [2.45, 2.75) is 44.6 Å². The van der Waals surface area contributed by atoms with Gasteiger partial charge in [0.1, 0.15) is 0 Å². The normalized spacial score (nSPS) is 18.0. The molecular formula is C28H29NO3. The molecule has 4 rings (SSSR count). The Kier molecular flexibility index (Phi) is 5.74. The fraction of sp³-hybridized carbons (Fsp3) is 0.286. The Morgan fingerprint density at radius 1 is 0.906 bits per heavy atom. The lowest BCUT2D eigenvalue weighted by Crippen LogP contribution is -2.42. The van der Waals surface area contributed by atoms with Gasteiger partial charge in [0.05, 0.1) is 12.1 Å². The minimum Gasteiger partial charge on any atom is -0.375 e. The van der Waals surface area contributed by atoms with Gasteiger partial charge in [0.2, 0.25) is 0 Å². The minimum atomic E-state index is -1.85. The molecule has 164 valence electrons. The molecule has 1 N–H and O–H groups in total. The molecule has 1 aliphatic rings. The number of aliphatic hydroxyl groups is 1. The molecule has 1 aliphatic heterocycles. The average Bonchev–Trinajstić information content (AvgIpc) is 2.99. The molecule has 0 radical (unpaired) electrons. The van der Waals surface area contributed by atoms with Gasteiger partial charge < -0.3 is 10.0 Å². The third kappa shape index (κ3) is 4.11. The number of nitrogens with zero attached hydrogens (tertiary/aromatic N) is 1. The molecule has 0 aromatic heterocycles. The smallest absolute Gasteiger partial charge is 0.264 e. The van der Waals surface area contributed by atoms with E-state index < -0.39 is 11.5 Å². The zero-order valence-corrected chi connectivity index (χ0v) is 18.8. The summed E-state index contributed by atoms with van der Waals surface area (Å²) in [4.78, 5) is 28.1. The van der Waals surface area contributed by atoms with E-state index in [0.717, 1.165) is 11.1 Å². The summed E-state index contributed by atoms with van der Waals surface area (Å²) in [6.07, 6.45) is 0.388. The highest BCUT2D eigenvalue weighted by Gasteiger charge is 2.50. The Hall–Kier alpha value is -3.24. The van der Waals surface area contributed by atoms with E-state index in [1.807, 2.05) is 54.6 Å². The van der Waals surface area contributed by atoms with E-state index in [2.05, 4.69) is 20.8 Å². The van der Waals surface area contributed by atoms with Gasteiger partial charge in [-0.15, -0.1) is 0 Å². The first-order valence-electron chi connectivity index (χ1n) is 11.0. The molecule has 4 heteroatoms. The van der Waals surface area contributed by atoms with Gasteiger partial charge in [0, 0.05) is 17.7 Å². The van der Waals surface area contributed by atoms with Gasteiger partial charge in [-0.05, 0) is 29.0 Å². The number of hydrogen-bond acceptors (Lipinski definition) is 3. The van der Waals surface area contributed by atoms with Gasteiger partial charge >= 0.3 is 0 Å². The molecule has 3 aromatic carbocycles. The number of rotatable bonds is 6. The van der Waals surface area contributed by atoms with E-state index in [1.165, 1.54) is 0 Å². The van der Waals surface area contributed by atoms with Gasteiger partial charge in [-0.3, -0.25) is 9.59 Å². The van der Waals surface area contributed by atoms with E-state index >= 15 is 0 Å². The quantitative estimate of drug-likeness (QED) is 0.561. The molecule has 3 aromatic rings. The summed E-state index contributed by atoms with van der Waals surface area (Å²) in [6, 6.07) is 24.6. The fourth-order valence-electron chi connectivity index (χ4n) is 4.28. The van der Waals surface area contributed by atoms with Crippen molar-refractivity contribution < 1.29 is 14.7 Å². The van der Waals surface area contributed by atoms with Crippen LogP contribution < -0.4 is 4.90 Å². The maximum Gasteiger partial charge on any atom is 0.264 e. The molecule has 1 amide bonds. The number of benzene rings is 3. The molecule has 0 bridgehead atoms. The molecule has 4 nitrogen and oxygen atoms in total. The number of ketones is 1. The summed E-state index contributed by atoms with van der Waals surface area (Å²) in [5.74, 6) is -0.685. The van der Waals surface area contributed by atoms with Crippen LogP contribution >= 0.6 is 0 Å². The van der Waals surface area contributed by atoms with Crippen molar-refractivity contribution >= 4 is 17.4 Å². The molecule has 0 saturated heterocycles. The number of anilines is 1. The van der Waals surface area contributed by atoms with E-state index in [9.17, 15) is 14.7 Å². The standard InChI is InChI=1S/C28H29NO3/c1-27(2,3)22-15-13-21(14-16-22)25(30)19-28(32)23-11-7-8-12-24(23)29(26(28)31)18-17-20-9-5-4-6-10-20/h4-16,32H,17-19H2,1-3H3/t28-/m1/s1.